The zero-order chi connectivity index (χ0) is 24.2. The van der Waals surface area contributed by atoms with Gasteiger partial charge in [0.1, 0.15) is 0 Å². The van der Waals surface area contributed by atoms with Crippen LogP contribution in [0.15, 0.2) is 47.5 Å². The second-order valence-electron chi connectivity index (χ2n) is 8.42. The first-order valence-corrected chi connectivity index (χ1v) is 13.2. The van der Waals surface area contributed by atoms with Crippen molar-refractivity contribution in [1.29, 1.82) is 10.5 Å². The van der Waals surface area contributed by atoms with Crippen molar-refractivity contribution in [3.63, 3.8) is 0 Å². The van der Waals surface area contributed by atoms with Gasteiger partial charge in [-0.1, -0.05) is 13.8 Å². The molecule has 0 amide bonds. The van der Waals surface area contributed by atoms with Crippen molar-refractivity contribution in [3.05, 3.63) is 58.9 Å². The van der Waals surface area contributed by atoms with Crippen LogP contribution in [-0.4, -0.2) is 9.13 Å². The van der Waals surface area contributed by atoms with Crippen LogP contribution < -0.4 is 0 Å². The smallest absolute Gasteiger partial charge is 0.0944 e. The summed E-state index contributed by atoms with van der Waals surface area (Å²) in [5, 5.41) is 18.4. The van der Waals surface area contributed by atoms with Crippen molar-refractivity contribution in [3.8, 4) is 33.3 Å². The summed E-state index contributed by atoms with van der Waals surface area (Å²) >= 11 is 3.65. The Morgan fingerprint density at radius 1 is 0.765 bits per heavy atom. The molecule has 0 fully saturated rings. The van der Waals surface area contributed by atoms with Crippen LogP contribution in [0.4, 0.5) is 0 Å². The average Bonchev–Trinajstić information content (AvgIpc) is 3.58. The van der Waals surface area contributed by atoms with E-state index in [-0.39, 0.29) is 0 Å². The molecule has 34 heavy (non-hydrogen) atoms. The fourth-order valence-electron chi connectivity index (χ4n) is 4.19. The summed E-state index contributed by atoms with van der Waals surface area (Å²) in [5.74, 6) is 0. The summed E-state index contributed by atoms with van der Waals surface area (Å²) in [7, 11) is 0. The first-order valence-electron chi connectivity index (χ1n) is 11.6. The molecule has 0 saturated heterocycles. The number of hydrogen-bond donors (Lipinski definition) is 0. The number of allylic oxidation sites excluding steroid dienone is 2. The van der Waals surface area contributed by atoms with Gasteiger partial charge in [-0.2, -0.15) is 10.5 Å². The van der Waals surface area contributed by atoms with Gasteiger partial charge in [0.05, 0.1) is 33.3 Å². The SMILES string of the molecule is CCCn1c(/C=C(/C)C#N)ccc1-c1cc2sc(-c3ccc(/C=C(/C)C#N)n3CCC)cc2s1. The standard InChI is InChI=1S/C28H28N4S2/c1-5-11-31-21(13-19(3)17-29)7-9-23(31)25-15-27-28(33-25)16-26(34-27)24-10-8-22(14-20(4)18-30)32(24)12-6-2/h7-10,13-16H,5-6,11-12H2,1-4H3/b19-13-,20-14-. The molecule has 0 atom stereocenters. The summed E-state index contributed by atoms with van der Waals surface area (Å²) in [6.07, 6.45) is 6.01. The van der Waals surface area contributed by atoms with Gasteiger partial charge in [0.25, 0.3) is 0 Å². The number of nitriles is 2. The second kappa shape index (κ2) is 10.3. The monoisotopic (exact) mass is 484 g/mol. The Morgan fingerprint density at radius 2 is 1.18 bits per heavy atom. The van der Waals surface area contributed by atoms with Gasteiger partial charge in [-0.25, -0.2) is 0 Å². The zero-order valence-corrected chi connectivity index (χ0v) is 21.7. The van der Waals surface area contributed by atoms with E-state index >= 15 is 0 Å². The number of nitrogens with zero attached hydrogens (tertiary/aromatic N) is 4. The van der Waals surface area contributed by atoms with E-state index in [0.717, 1.165) is 37.3 Å². The van der Waals surface area contributed by atoms with Crippen LogP contribution >= 0.6 is 22.7 Å². The van der Waals surface area contributed by atoms with E-state index in [1.807, 2.05) is 48.7 Å². The highest BCUT2D eigenvalue weighted by Gasteiger charge is 2.16. The molecule has 4 aromatic heterocycles. The van der Waals surface area contributed by atoms with Gasteiger partial charge in [-0.15, -0.1) is 22.7 Å². The molecule has 0 spiro atoms. The van der Waals surface area contributed by atoms with E-state index in [0.29, 0.717) is 11.1 Å². The highest BCUT2D eigenvalue weighted by Crippen LogP contribution is 2.42. The lowest BCUT2D eigenvalue weighted by Gasteiger charge is -2.10. The van der Waals surface area contributed by atoms with Crippen molar-refractivity contribution in [2.45, 2.75) is 53.6 Å². The van der Waals surface area contributed by atoms with Gasteiger partial charge < -0.3 is 9.13 Å². The maximum Gasteiger partial charge on any atom is 0.0944 e. The van der Waals surface area contributed by atoms with E-state index in [2.05, 4.69) is 71.5 Å². The molecule has 0 N–H and O–H groups in total. The van der Waals surface area contributed by atoms with Crippen LogP contribution in [0.5, 0.6) is 0 Å². The Bertz CT molecular complexity index is 1330. The fraction of sp³-hybridized carbons (Fsp3) is 0.286. The van der Waals surface area contributed by atoms with Crippen LogP contribution in [0.25, 0.3) is 42.7 Å². The third-order valence-electron chi connectivity index (χ3n) is 5.72. The molecule has 0 radical (unpaired) electrons. The minimum absolute atomic E-state index is 0.716. The molecule has 0 aliphatic rings. The Hall–Kier alpha value is -3.32. The molecule has 4 aromatic rings. The summed E-state index contributed by atoms with van der Waals surface area (Å²) < 4.78 is 7.22. The zero-order valence-electron chi connectivity index (χ0n) is 20.1. The van der Waals surface area contributed by atoms with E-state index in [9.17, 15) is 10.5 Å². The summed E-state index contributed by atoms with van der Waals surface area (Å²) in [4.78, 5) is 2.51. The van der Waals surface area contributed by atoms with Crippen molar-refractivity contribution in [1.82, 2.24) is 9.13 Å². The molecule has 172 valence electrons. The van der Waals surface area contributed by atoms with Crippen molar-refractivity contribution in [2.75, 3.05) is 0 Å². The number of thiophene rings is 2. The highest BCUT2D eigenvalue weighted by molar-refractivity contribution is 7.31. The van der Waals surface area contributed by atoms with Gasteiger partial charge in [0.2, 0.25) is 0 Å². The lowest BCUT2D eigenvalue weighted by molar-refractivity contribution is 0.685. The normalized spacial score (nSPS) is 12.3. The van der Waals surface area contributed by atoms with Crippen molar-refractivity contribution in [2.24, 2.45) is 0 Å². The Balaban J connectivity index is 1.73. The number of hydrogen-bond acceptors (Lipinski definition) is 4. The minimum Gasteiger partial charge on any atom is -0.340 e. The lowest BCUT2D eigenvalue weighted by Crippen LogP contribution is -2.01. The highest BCUT2D eigenvalue weighted by atomic mass is 32.1. The topological polar surface area (TPSA) is 57.4 Å². The molecule has 4 heterocycles. The first kappa shape index (κ1) is 23.8. The van der Waals surface area contributed by atoms with Crippen LogP contribution in [0.2, 0.25) is 0 Å². The third-order valence-corrected chi connectivity index (χ3v) is 8.06. The number of aromatic nitrogens is 2. The summed E-state index contributed by atoms with van der Waals surface area (Å²) in [6, 6.07) is 17.6. The van der Waals surface area contributed by atoms with E-state index in [1.165, 1.54) is 30.5 Å². The lowest BCUT2D eigenvalue weighted by atomic mass is 10.2. The predicted octanol–water partition coefficient (Wildman–Crippen LogP) is 8.57. The van der Waals surface area contributed by atoms with Crippen LogP contribution in [0.3, 0.4) is 0 Å². The Morgan fingerprint density at radius 3 is 1.53 bits per heavy atom. The molecule has 4 nitrogen and oxygen atoms in total. The average molecular weight is 485 g/mol. The molecule has 0 aromatic carbocycles. The van der Waals surface area contributed by atoms with Gasteiger partial charge >= 0.3 is 0 Å². The van der Waals surface area contributed by atoms with Gasteiger partial charge in [-0.05, 0) is 75.2 Å². The van der Waals surface area contributed by atoms with Crippen molar-refractivity contribution < 1.29 is 0 Å². The largest absolute Gasteiger partial charge is 0.340 e. The fourth-order valence-corrected chi connectivity index (χ4v) is 6.66. The molecule has 0 unspecified atom stereocenters. The first-order chi connectivity index (χ1) is 16.5. The summed E-state index contributed by atoms with van der Waals surface area (Å²) in [5.41, 5.74) is 6.02. The maximum absolute atomic E-state index is 9.20. The molecule has 6 heteroatoms. The minimum atomic E-state index is 0.716. The molecular weight excluding hydrogens is 456 g/mol. The van der Waals surface area contributed by atoms with E-state index < -0.39 is 0 Å². The second-order valence-corrected chi connectivity index (χ2v) is 10.6. The van der Waals surface area contributed by atoms with E-state index in [1.54, 1.807) is 0 Å². The third kappa shape index (κ3) is 4.66. The maximum atomic E-state index is 9.20. The summed E-state index contributed by atoms with van der Waals surface area (Å²) in [6.45, 7) is 9.91. The van der Waals surface area contributed by atoms with Crippen molar-refractivity contribution >= 4 is 44.2 Å². The van der Waals surface area contributed by atoms with Crippen LogP contribution in [0, 0.1) is 22.7 Å². The molecule has 0 saturated carbocycles. The molecule has 0 aliphatic heterocycles. The van der Waals surface area contributed by atoms with Crippen LogP contribution in [0.1, 0.15) is 51.9 Å². The van der Waals surface area contributed by atoms with Crippen LogP contribution in [-0.2, 0) is 13.1 Å². The van der Waals surface area contributed by atoms with Gasteiger partial charge in [0.15, 0.2) is 0 Å². The molecule has 0 aliphatic carbocycles. The van der Waals surface area contributed by atoms with Gasteiger partial charge in [-0.3, -0.25) is 0 Å². The number of fused-ring (bicyclic) bond motifs is 1. The predicted molar refractivity (Wildman–Crippen MR) is 146 cm³/mol. The molecular formula is C28H28N4S2. The quantitative estimate of drug-likeness (QED) is 0.235. The van der Waals surface area contributed by atoms with E-state index in [4.69, 9.17) is 0 Å². The Labute approximate surface area is 209 Å². The number of rotatable bonds is 8. The van der Waals surface area contributed by atoms with Gasteiger partial charge in [0, 0.05) is 45.0 Å². The Kier molecular flexibility index (Phi) is 7.22. The molecule has 0 bridgehead atoms. The molecule has 4 rings (SSSR count).